The van der Waals surface area contributed by atoms with Crippen molar-refractivity contribution >= 4 is 51.7 Å². The Morgan fingerprint density at radius 3 is 2.39 bits per heavy atom. The van der Waals surface area contributed by atoms with Gasteiger partial charge in [0.1, 0.15) is 0 Å². The average molecular weight is 652 g/mol. The second-order valence-electron chi connectivity index (χ2n) is 8.71. The largest absolute Gasteiger partial charge is 0.462 e. The maximum Gasteiger partial charge on any atom is 0.417 e. The van der Waals surface area contributed by atoms with Crippen LogP contribution in [0, 0.1) is 3.57 Å². The van der Waals surface area contributed by atoms with E-state index in [4.69, 9.17) is 27.9 Å². The smallest absolute Gasteiger partial charge is 0.417 e. The molecule has 1 aromatic carbocycles. The summed E-state index contributed by atoms with van der Waals surface area (Å²) in [5.74, 6) is -0.793. The quantitative estimate of drug-likeness (QED) is 0.260. The molecule has 3 aromatic rings. The van der Waals surface area contributed by atoms with Crippen molar-refractivity contribution in [3.8, 4) is 5.88 Å². The Kier molecular flexibility index (Phi) is 9.11. The number of alkyl halides is 3. The van der Waals surface area contributed by atoms with Crippen molar-refractivity contribution in [2.45, 2.75) is 44.4 Å². The van der Waals surface area contributed by atoms with E-state index in [9.17, 15) is 18.0 Å². The summed E-state index contributed by atoms with van der Waals surface area (Å²) in [6, 6.07) is 9.50. The van der Waals surface area contributed by atoms with E-state index in [1.165, 1.54) is 20.0 Å². The Balaban J connectivity index is 1.77. The number of hydrogen-bond acceptors (Lipinski definition) is 4. The van der Waals surface area contributed by atoms with Gasteiger partial charge in [-0.05, 0) is 77.7 Å². The van der Waals surface area contributed by atoms with Gasteiger partial charge in [0.15, 0.2) is 5.60 Å². The molecular formula is C25H23Cl2F3IN3O2. The zero-order valence-electron chi connectivity index (χ0n) is 19.5. The number of pyridine rings is 2. The molecule has 0 bridgehead atoms. The first-order valence-corrected chi connectivity index (χ1v) is 12.7. The van der Waals surface area contributed by atoms with Crippen molar-refractivity contribution in [1.82, 2.24) is 15.3 Å². The van der Waals surface area contributed by atoms with Crippen molar-refractivity contribution in [1.29, 1.82) is 0 Å². The summed E-state index contributed by atoms with van der Waals surface area (Å²) in [6.45, 7) is 5.30. The van der Waals surface area contributed by atoms with Gasteiger partial charge in [0.05, 0.1) is 15.6 Å². The second kappa shape index (κ2) is 11.5. The number of nitrogens with zero attached hydrogens (tertiary/aromatic N) is 2. The highest BCUT2D eigenvalue weighted by Crippen LogP contribution is 2.35. The summed E-state index contributed by atoms with van der Waals surface area (Å²) < 4.78 is 44.9. The molecule has 1 N–H and O–H groups in total. The van der Waals surface area contributed by atoms with E-state index in [2.05, 4.69) is 37.9 Å². The van der Waals surface area contributed by atoms with Crippen LogP contribution >= 0.6 is 45.8 Å². The van der Waals surface area contributed by atoms with Crippen molar-refractivity contribution < 1.29 is 22.7 Å². The van der Waals surface area contributed by atoms with Crippen molar-refractivity contribution in [3.63, 3.8) is 0 Å². The van der Waals surface area contributed by atoms with Crippen LogP contribution in [-0.4, -0.2) is 28.0 Å². The summed E-state index contributed by atoms with van der Waals surface area (Å²) in [5.41, 5.74) is -0.445. The summed E-state index contributed by atoms with van der Waals surface area (Å²) in [4.78, 5) is 20.9. The van der Waals surface area contributed by atoms with Gasteiger partial charge in [0, 0.05) is 40.7 Å². The molecule has 0 aliphatic rings. The standard InChI is InChI=1S/C25H23Cl2F3IN3O2/c1-14(15-4-6-20(27)21(31)9-15)19(16-8-18(26)12-32-10-16)13-34-23(35)24(2,3)36-22-7-5-17(11-33-22)25(28,29)30/h4-12,14,19H,13H2,1-3H3,(H,34,35). The highest BCUT2D eigenvalue weighted by Gasteiger charge is 2.34. The minimum absolute atomic E-state index is 0.0445. The number of aromatic nitrogens is 2. The number of carbonyl (C=O) groups is 1. The molecule has 0 aliphatic carbocycles. The van der Waals surface area contributed by atoms with Crippen LogP contribution in [0.5, 0.6) is 5.88 Å². The van der Waals surface area contributed by atoms with E-state index < -0.39 is 23.2 Å². The molecule has 0 aliphatic heterocycles. The van der Waals surface area contributed by atoms with Crippen LogP contribution in [0.3, 0.4) is 0 Å². The van der Waals surface area contributed by atoms with Crippen LogP contribution in [0.15, 0.2) is 55.0 Å². The zero-order chi connectivity index (χ0) is 26.7. The third kappa shape index (κ3) is 7.23. The third-order valence-electron chi connectivity index (χ3n) is 5.68. The Bertz CT molecular complexity index is 1220. The van der Waals surface area contributed by atoms with E-state index in [1.807, 2.05) is 25.1 Å². The molecule has 2 unspecified atom stereocenters. The van der Waals surface area contributed by atoms with Crippen molar-refractivity contribution in [2.75, 3.05) is 6.54 Å². The lowest BCUT2D eigenvalue weighted by Gasteiger charge is -2.29. The molecule has 36 heavy (non-hydrogen) atoms. The van der Waals surface area contributed by atoms with E-state index in [0.717, 1.165) is 26.8 Å². The van der Waals surface area contributed by atoms with Crippen LogP contribution in [0.4, 0.5) is 13.2 Å². The summed E-state index contributed by atoms with van der Waals surface area (Å²) >= 11 is 14.5. The molecular weight excluding hydrogens is 629 g/mol. The molecule has 0 spiro atoms. The first kappa shape index (κ1) is 28.5. The first-order chi connectivity index (χ1) is 16.8. The molecule has 2 aromatic heterocycles. The van der Waals surface area contributed by atoms with Crippen LogP contribution in [0.2, 0.25) is 10.0 Å². The number of hydrogen-bond donors (Lipinski definition) is 1. The molecule has 192 valence electrons. The molecule has 0 radical (unpaired) electrons. The molecule has 2 atom stereocenters. The lowest BCUT2D eigenvalue weighted by molar-refractivity contribution is -0.138. The first-order valence-electron chi connectivity index (χ1n) is 10.8. The van der Waals surface area contributed by atoms with Gasteiger partial charge in [0.2, 0.25) is 5.88 Å². The lowest BCUT2D eigenvalue weighted by Crippen LogP contribution is -2.48. The van der Waals surface area contributed by atoms with Gasteiger partial charge >= 0.3 is 6.18 Å². The predicted molar refractivity (Wildman–Crippen MR) is 142 cm³/mol. The molecule has 0 saturated heterocycles. The topological polar surface area (TPSA) is 64.1 Å². The fourth-order valence-corrected chi connectivity index (χ4v) is 4.41. The SMILES string of the molecule is CC(c1ccc(Cl)c(I)c1)C(CNC(=O)C(C)(C)Oc1ccc(C(F)(F)F)cn1)c1cncc(Cl)c1. The minimum Gasteiger partial charge on any atom is -0.462 e. The maximum absolute atomic E-state index is 13.1. The van der Waals surface area contributed by atoms with Gasteiger partial charge in [-0.3, -0.25) is 9.78 Å². The molecule has 11 heteroatoms. The number of benzene rings is 1. The van der Waals surface area contributed by atoms with Crippen LogP contribution in [0.25, 0.3) is 0 Å². The van der Waals surface area contributed by atoms with E-state index >= 15 is 0 Å². The molecule has 1 amide bonds. The fourth-order valence-electron chi connectivity index (χ4n) is 3.57. The maximum atomic E-state index is 13.1. The van der Waals surface area contributed by atoms with Crippen molar-refractivity contribution in [3.05, 3.63) is 85.3 Å². The number of halogens is 6. The van der Waals surface area contributed by atoms with Gasteiger partial charge in [-0.15, -0.1) is 0 Å². The lowest BCUT2D eigenvalue weighted by atomic mass is 9.83. The summed E-state index contributed by atoms with van der Waals surface area (Å²) in [5, 5.41) is 4.02. The zero-order valence-corrected chi connectivity index (χ0v) is 23.2. The van der Waals surface area contributed by atoms with Crippen LogP contribution in [-0.2, 0) is 11.0 Å². The Morgan fingerprint density at radius 1 is 1.08 bits per heavy atom. The second-order valence-corrected chi connectivity index (χ2v) is 10.7. The van der Waals surface area contributed by atoms with Gasteiger partial charge in [-0.1, -0.05) is 36.2 Å². The van der Waals surface area contributed by atoms with Crippen LogP contribution in [0.1, 0.15) is 49.3 Å². The van der Waals surface area contributed by atoms with Gasteiger partial charge in [-0.2, -0.15) is 13.2 Å². The number of carbonyl (C=O) groups excluding carboxylic acids is 1. The normalized spacial score (nSPS) is 13.7. The number of nitrogens with one attached hydrogen (secondary N) is 1. The van der Waals surface area contributed by atoms with Gasteiger partial charge in [-0.25, -0.2) is 4.98 Å². The summed E-state index contributed by atoms with van der Waals surface area (Å²) in [7, 11) is 0. The number of rotatable bonds is 8. The van der Waals surface area contributed by atoms with Gasteiger partial charge in [0.25, 0.3) is 5.91 Å². The minimum atomic E-state index is -4.51. The Morgan fingerprint density at radius 2 is 1.81 bits per heavy atom. The third-order valence-corrected chi connectivity index (χ3v) is 7.43. The average Bonchev–Trinajstić information content (AvgIpc) is 2.80. The Labute approximate surface area is 230 Å². The highest BCUT2D eigenvalue weighted by molar-refractivity contribution is 14.1. The van der Waals surface area contributed by atoms with E-state index in [0.29, 0.717) is 16.2 Å². The fraction of sp³-hybridized carbons (Fsp3) is 0.320. The molecule has 0 fully saturated rings. The molecule has 3 rings (SSSR count). The highest BCUT2D eigenvalue weighted by atomic mass is 127. The number of ether oxygens (including phenoxy) is 1. The van der Waals surface area contributed by atoms with E-state index in [-0.39, 0.29) is 24.3 Å². The van der Waals surface area contributed by atoms with E-state index in [1.54, 1.807) is 12.3 Å². The van der Waals surface area contributed by atoms with Crippen LogP contribution < -0.4 is 10.1 Å². The van der Waals surface area contributed by atoms with Gasteiger partial charge < -0.3 is 10.1 Å². The number of amides is 1. The monoisotopic (exact) mass is 651 g/mol. The Hall–Kier alpha value is -2.11. The summed E-state index contributed by atoms with van der Waals surface area (Å²) in [6.07, 6.45) is -0.611. The molecule has 2 heterocycles. The predicted octanol–water partition coefficient (Wildman–Crippen LogP) is 7.27. The molecule has 5 nitrogen and oxygen atoms in total. The molecule has 0 saturated carbocycles. The van der Waals surface area contributed by atoms with Crippen molar-refractivity contribution in [2.24, 2.45) is 0 Å².